The number of carbonyl (C=O) groups excluding carboxylic acids is 1. The summed E-state index contributed by atoms with van der Waals surface area (Å²) in [6.45, 7) is 0.536. The molecule has 0 unspecified atom stereocenters. The number of hydrogen-bond acceptors (Lipinski definition) is 7. The fraction of sp³-hybridized carbons (Fsp3) is 0.429. The summed E-state index contributed by atoms with van der Waals surface area (Å²) < 4.78 is 5.84. The molecule has 29 heavy (non-hydrogen) atoms. The van der Waals surface area contributed by atoms with Gasteiger partial charge in [0.05, 0.1) is 12.1 Å². The summed E-state index contributed by atoms with van der Waals surface area (Å²) in [6, 6.07) is 9.89. The third kappa shape index (κ3) is 5.90. The molecule has 8 heteroatoms. The smallest absolute Gasteiger partial charge is 0.276 e. The molecule has 1 aliphatic rings. The predicted molar refractivity (Wildman–Crippen MR) is 114 cm³/mol. The van der Waals surface area contributed by atoms with Crippen molar-refractivity contribution in [2.45, 2.75) is 62.0 Å². The zero-order valence-electron chi connectivity index (χ0n) is 16.2. The Morgan fingerprint density at radius 1 is 1.17 bits per heavy atom. The minimum Gasteiger partial charge on any atom is -0.416 e. The molecule has 1 N–H and O–H groups in total. The Kier molecular flexibility index (Phi) is 6.95. The van der Waals surface area contributed by atoms with Crippen LogP contribution in [0.4, 0.5) is 0 Å². The van der Waals surface area contributed by atoms with Gasteiger partial charge in [-0.05, 0) is 18.4 Å². The van der Waals surface area contributed by atoms with Gasteiger partial charge in [-0.15, -0.1) is 21.5 Å². The molecular formula is C21H24N4O2S2. The van der Waals surface area contributed by atoms with E-state index in [-0.39, 0.29) is 5.91 Å². The van der Waals surface area contributed by atoms with Gasteiger partial charge in [0.25, 0.3) is 5.22 Å². The van der Waals surface area contributed by atoms with Gasteiger partial charge in [-0.2, -0.15) is 0 Å². The monoisotopic (exact) mass is 428 g/mol. The Balaban J connectivity index is 1.23. The van der Waals surface area contributed by atoms with Crippen LogP contribution in [-0.4, -0.2) is 21.1 Å². The topological polar surface area (TPSA) is 80.9 Å². The first kappa shape index (κ1) is 20.1. The van der Waals surface area contributed by atoms with E-state index in [1.807, 2.05) is 35.7 Å². The summed E-state index contributed by atoms with van der Waals surface area (Å²) in [5, 5.41) is 14.8. The van der Waals surface area contributed by atoms with Crippen molar-refractivity contribution < 1.29 is 9.21 Å². The van der Waals surface area contributed by atoms with Gasteiger partial charge in [0, 0.05) is 23.6 Å². The molecule has 3 aromatic rings. The van der Waals surface area contributed by atoms with Crippen LogP contribution in [0.25, 0.3) is 0 Å². The average Bonchev–Trinajstić information content (AvgIpc) is 3.42. The molecular weight excluding hydrogens is 404 g/mol. The zero-order chi connectivity index (χ0) is 19.9. The van der Waals surface area contributed by atoms with Crippen LogP contribution in [0.2, 0.25) is 0 Å². The Bertz CT molecular complexity index is 920. The molecule has 0 saturated heterocycles. The Morgan fingerprint density at radius 2 is 2.00 bits per heavy atom. The molecule has 0 radical (unpaired) electrons. The summed E-state index contributed by atoms with van der Waals surface area (Å²) in [7, 11) is 0. The maximum Gasteiger partial charge on any atom is 0.276 e. The van der Waals surface area contributed by atoms with Gasteiger partial charge in [0.1, 0.15) is 5.01 Å². The Labute approximate surface area is 178 Å². The van der Waals surface area contributed by atoms with Crippen molar-refractivity contribution in [2.24, 2.45) is 0 Å². The second-order valence-electron chi connectivity index (χ2n) is 7.20. The molecule has 1 amide bonds. The molecule has 4 rings (SSSR count). The van der Waals surface area contributed by atoms with E-state index in [1.54, 1.807) is 0 Å². The highest BCUT2D eigenvalue weighted by Crippen LogP contribution is 2.33. The van der Waals surface area contributed by atoms with Crippen molar-refractivity contribution >= 4 is 29.0 Å². The lowest BCUT2D eigenvalue weighted by Gasteiger charge is -2.17. The fourth-order valence-electron chi connectivity index (χ4n) is 3.42. The number of nitrogens with zero attached hydrogens (tertiary/aromatic N) is 3. The number of thioether (sulfide) groups is 1. The van der Waals surface area contributed by atoms with E-state index in [1.165, 1.54) is 42.4 Å². The van der Waals surface area contributed by atoms with Crippen LogP contribution in [0, 0.1) is 0 Å². The van der Waals surface area contributed by atoms with E-state index in [0.29, 0.717) is 29.9 Å². The molecule has 0 spiro atoms. The summed E-state index contributed by atoms with van der Waals surface area (Å²) >= 11 is 3.01. The molecule has 0 bridgehead atoms. The molecule has 2 heterocycles. The highest BCUT2D eigenvalue weighted by atomic mass is 32.2. The number of hydrogen-bond donors (Lipinski definition) is 1. The normalized spacial score (nSPS) is 14.8. The van der Waals surface area contributed by atoms with Crippen molar-refractivity contribution in [1.82, 2.24) is 20.5 Å². The number of rotatable bonds is 8. The van der Waals surface area contributed by atoms with Crippen LogP contribution in [0.15, 0.2) is 45.4 Å². The number of thiazole rings is 1. The highest BCUT2D eigenvalue weighted by Gasteiger charge is 2.21. The van der Waals surface area contributed by atoms with Crippen LogP contribution in [-0.2, 0) is 23.5 Å². The molecule has 0 atom stereocenters. The second-order valence-corrected chi connectivity index (χ2v) is 9.07. The van der Waals surface area contributed by atoms with Gasteiger partial charge in [-0.1, -0.05) is 61.4 Å². The number of nitrogens with one attached hydrogen (secondary N) is 1. The maximum absolute atomic E-state index is 12.1. The summed E-state index contributed by atoms with van der Waals surface area (Å²) in [6.07, 6.45) is 6.39. The van der Waals surface area contributed by atoms with Gasteiger partial charge >= 0.3 is 0 Å². The number of carbonyl (C=O) groups is 1. The van der Waals surface area contributed by atoms with E-state index < -0.39 is 0 Å². The van der Waals surface area contributed by atoms with Crippen molar-refractivity contribution in [3.8, 4) is 0 Å². The van der Waals surface area contributed by atoms with Crippen LogP contribution in [0.5, 0.6) is 0 Å². The maximum atomic E-state index is 12.1. The number of benzene rings is 1. The first-order valence-corrected chi connectivity index (χ1v) is 11.8. The van der Waals surface area contributed by atoms with Gasteiger partial charge in [0.2, 0.25) is 11.8 Å². The van der Waals surface area contributed by atoms with E-state index in [2.05, 4.69) is 20.5 Å². The van der Waals surface area contributed by atoms with E-state index in [4.69, 9.17) is 4.42 Å². The first-order chi connectivity index (χ1) is 14.3. The van der Waals surface area contributed by atoms with E-state index in [9.17, 15) is 4.79 Å². The molecule has 6 nitrogen and oxygen atoms in total. The van der Waals surface area contributed by atoms with Crippen molar-refractivity contribution in [2.75, 3.05) is 0 Å². The first-order valence-electron chi connectivity index (χ1n) is 9.96. The van der Waals surface area contributed by atoms with Crippen LogP contribution in [0.1, 0.15) is 60.2 Å². The summed E-state index contributed by atoms with van der Waals surface area (Å²) in [5.41, 5.74) is 2.02. The number of aromatic nitrogens is 3. The lowest BCUT2D eigenvalue weighted by Crippen LogP contribution is -2.24. The number of amides is 1. The van der Waals surface area contributed by atoms with Crippen molar-refractivity contribution in [1.29, 1.82) is 0 Å². The lowest BCUT2D eigenvalue weighted by atomic mass is 9.89. The SMILES string of the molecule is O=C(Cc1nc(CSc2nnc(C3CCCCC3)o2)cs1)NCc1ccccc1. The summed E-state index contributed by atoms with van der Waals surface area (Å²) in [4.78, 5) is 16.7. The zero-order valence-corrected chi connectivity index (χ0v) is 17.8. The predicted octanol–water partition coefficient (Wildman–Crippen LogP) is 4.73. The molecule has 2 aromatic heterocycles. The van der Waals surface area contributed by atoms with Crippen LogP contribution >= 0.6 is 23.1 Å². The molecule has 0 aliphatic heterocycles. The average molecular weight is 429 g/mol. The minimum absolute atomic E-state index is 0.0172. The van der Waals surface area contributed by atoms with Gasteiger partial charge in [0.15, 0.2) is 0 Å². The molecule has 1 aromatic carbocycles. The molecule has 152 valence electrons. The van der Waals surface area contributed by atoms with Gasteiger partial charge in [-0.3, -0.25) is 4.79 Å². The Morgan fingerprint density at radius 3 is 2.83 bits per heavy atom. The van der Waals surface area contributed by atoms with Crippen LogP contribution in [0.3, 0.4) is 0 Å². The summed E-state index contributed by atoms with van der Waals surface area (Å²) in [5.74, 6) is 1.84. The van der Waals surface area contributed by atoms with Gasteiger partial charge < -0.3 is 9.73 Å². The highest BCUT2D eigenvalue weighted by molar-refractivity contribution is 7.98. The van der Waals surface area contributed by atoms with E-state index in [0.717, 1.165) is 35.0 Å². The third-order valence-electron chi connectivity index (χ3n) is 4.96. The van der Waals surface area contributed by atoms with Crippen molar-refractivity contribution in [3.63, 3.8) is 0 Å². The largest absolute Gasteiger partial charge is 0.416 e. The quantitative estimate of drug-likeness (QED) is 0.523. The van der Waals surface area contributed by atoms with Gasteiger partial charge in [-0.25, -0.2) is 4.98 Å². The molecule has 1 saturated carbocycles. The molecule has 1 aliphatic carbocycles. The molecule has 1 fully saturated rings. The minimum atomic E-state index is -0.0172. The van der Waals surface area contributed by atoms with Crippen LogP contribution < -0.4 is 5.32 Å². The fourth-order valence-corrected chi connectivity index (χ4v) is 4.98. The Hall–Kier alpha value is -2.19. The van der Waals surface area contributed by atoms with E-state index >= 15 is 0 Å². The standard InChI is InChI=1S/C21H24N4O2S2/c26-18(22-12-15-7-3-1-4-8-15)11-19-23-17(13-28-19)14-29-21-25-24-20(27-21)16-9-5-2-6-10-16/h1,3-4,7-8,13,16H,2,5-6,9-12,14H2,(H,22,26). The second kappa shape index (κ2) is 10.0. The van der Waals surface area contributed by atoms with Crippen molar-refractivity contribution in [3.05, 3.63) is 57.9 Å². The lowest BCUT2D eigenvalue weighted by molar-refractivity contribution is -0.120. The third-order valence-corrected chi connectivity index (χ3v) is 6.71.